The zero-order valence-electron chi connectivity index (χ0n) is 11.6. The Hall–Kier alpha value is -1.64. The van der Waals surface area contributed by atoms with Gasteiger partial charge in [-0.05, 0) is 17.5 Å². The molecule has 104 valence electrons. The van der Waals surface area contributed by atoms with E-state index in [0.29, 0.717) is 0 Å². The van der Waals surface area contributed by atoms with E-state index in [1.54, 1.807) is 0 Å². The first kappa shape index (κ1) is 13.3. The van der Waals surface area contributed by atoms with Gasteiger partial charge in [-0.3, -0.25) is 0 Å². The molecular formula is C18H20O2. The van der Waals surface area contributed by atoms with Gasteiger partial charge >= 0.3 is 0 Å². The third-order valence-electron chi connectivity index (χ3n) is 3.70. The Morgan fingerprint density at radius 3 is 1.55 bits per heavy atom. The van der Waals surface area contributed by atoms with Crippen LogP contribution in [0.15, 0.2) is 60.7 Å². The quantitative estimate of drug-likeness (QED) is 0.808. The third-order valence-corrected chi connectivity index (χ3v) is 3.70. The molecule has 20 heavy (non-hydrogen) atoms. The first-order valence-electron chi connectivity index (χ1n) is 7.26. The maximum atomic E-state index is 6.04. The van der Waals surface area contributed by atoms with E-state index >= 15 is 0 Å². The van der Waals surface area contributed by atoms with Crippen molar-refractivity contribution in [2.24, 2.45) is 0 Å². The summed E-state index contributed by atoms with van der Waals surface area (Å²) >= 11 is 0. The Labute approximate surface area is 120 Å². The van der Waals surface area contributed by atoms with Crippen LogP contribution in [0.3, 0.4) is 0 Å². The summed E-state index contributed by atoms with van der Waals surface area (Å²) in [6, 6.07) is 20.9. The smallest absolute Gasteiger partial charge is 0.0853 e. The molecule has 0 bridgehead atoms. The van der Waals surface area contributed by atoms with Gasteiger partial charge in [-0.1, -0.05) is 60.7 Å². The fourth-order valence-electron chi connectivity index (χ4n) is 2.64. The van der Waals surface area contributed by atoms with Gasteiger partial charge in [-0.25, -0.2) is 0 Å². The van der Waals surface area contributed by atoms with Gasteiger partial charge in [0.2, 0.25) is 0 Å². The Morgan fingerprint density at radius 2 is 1.10 bits per heavy atom. The minimum atomic E-state index is 0.113. The van der Waals surface area contributed by atoms with Crippen LogP contribution in [0.5, 0.6) is 0 Å². The predicted molar refractivity (Wildman–Crippen MR) is 79.5 cm³/mol. The van der Waals surface area contributed by atoms with E-state index in [1.165, 1.54) is 11.1 Å². The summed E-state index contributed by atoms with van der Waals surface area (Å²) in [5, 5.41) is 0. The third kappa shape index (κ3) is 3.27. The number of benzene rings is 2. The largest absolute Gasteiger partial charge is 0.373 e. The molecule has 1 fully saturated rings. The molecule has 0 radical (unpaired) electrons. The van der Waals surface area contributed by atoms with Crippen LogP contribution in [-0.2, 0) is 9.47 Å². The van der Waals surface area contributed by atoms with Crippen LogP contribution in [-0.4, -0.2) is 13.2 Å². The lowest BCUT2D eigenvalue weighted by molar-refractivity contribution is -0.0560. The highest BCUT2D eigenvalue weighted by Crippen LogP contribution is 2.33. The molecule has 0 spiro atoms. The van der Waals surface area contributed by atoms with Crippen LogP contribution < -0.4 is 0 Å². The minimum absolute atomic E-state index is 0.113. The van der Waals surface area contributed by atoms with Gasteiger partial charge in [0.25, 0.3) is 0 Å². The molecule has 2 heteroatoms. The van der Waals surface area contributed by atoms with E-state index in [4.69, 9.17) is 9.47 Å². The normalized spacial score (nSPS) is 23.8. The highest BCUT2D eigenvalue weighted by molar-refractivity contribution is 5.21. The van der Waals surface area contributed by atoms with E-state index < -0.39 is 0 Å². The van der Waals surface area contributed by atoms with Gasteiger partial charge in [0.05, 0.1) is 12.2 Å². The first-order chi connectivity index (χ1) is 9.93. The molecule has 2 atom stereocenters. The predicted octanol–water partition coefficient (Wildman–Crippen LogP) is 4.30. The molecule has 0 saturated carbocycles. The van der Waals surface area contributed by atoms with Crippen LogP contribution in [0.2, 0.25) is 0 Å². The fraction of sp³-hybridized carbons (Fsp3) is 0.333. The standard InChI is InChI=1S/C18H20O2/c1-3-8-15(9-4-1)17-14-18(20-13-7-12-19-17)16-10-5-2-6-11-16/h1-6,8-11,17-18H,7,12-14H2. The van der Waals surface area contributed by atoms with E-state index in [2.05, 4.69) is 48.5 Å². The summed E-state index contributed by atoms with van der Waals surface area (Å²) in [5.41, 5.74) is 2.47. The second kappa shape index (κ2) is 6.69. The molecule has 0 N–H and O–H groups in total. The molecular weight excluding hydrogens is 248 g/mol. The number of ether oxygens (including phenoxy) is 2. The lowest BCUT2D eigenvalue weighted by atomic mass is 9.98. The zero-order valence-corrected chi connectivity index (χ0v) is 11.6. The molecule has 0 amide bonds. The molecule has 1 saturated heterocycles. The summed E-state index contributed by atoms with van der Waals surface area (Å²) in [4.78, 5) is 0. The van der Waals surface area contributed by atoms with E-state index in [0.717, 1.165) is 26.1 Å². The van der Waals surface area contributed by atoms with E-state index in [1.807, 2.05) is 12.1 Å². The van der Waals surface area contributed by atoms with Gasteiger partial charge in [-0.2, -0.15) is 0 Å². The van der Waals surface area contributed by atoms with Crippen molar-refractivity contribution in [2.45, 2.75) is 25.0 Å². The molecule has 1 heterocycles. The average Bonchev–Trinajstić information content (AvgIpc) is 2.49. The molecule has 2 aromatic carbocycles. The SMILES string of the molecule is c1ccc(C2CC(c3ccccc3)OCCCO2)cc1. The number of hydrogen-bond donors (Lipinski definition) is 0. The maximum Gasteiger partial charge on any atom is 0.0853 e. The second-order valence-electron chi connectivity index (χ2n) is 5.13. The Bertz CT molecular complexity index is 462. The van der Waals surface area contributed by atoms with Crippen LogP contribution in [0.1, 0.15) is 36.2 Å². The van der Waals surface area contributed by atoms with E-state index in [-0.39, 0.29) is 12.2 Å². The zero-order chi connectivity index (χ0) is 13.6. The summed E-state index contributed by atoms with van der Waals surface area (Å²) in [6.45, 7) is 1.53. The monoisotopic (exact) mass is 268 g/mol. The number of hydrogen-bond acceptors (Lipinski definition) is 2. The van der Waals surface area contributed by atoms with Crippen LogP contribution in [0.4, 0.5) is 0 Å². The highest BCUT2D eigenvalue weighted by Gasteiger charge is 2.22. The van der Waals surface area contributed by atoms with E-state index in [9.17, 15) is 0 Å². The van der Waals surface area contributed by atoms with Crippen molar-refractivity contribution in [3.05, 3.63) is 71.8 Å². The lowest BCUT2D eigenvalue weighted by Gasteiger charge is -2.27. The van der Waals surface area contributed by atoms with Gasteiger partial charge in [0.15, 0.2) is 0 Å². The molecule has 2 unspecified atom stereocenters. The molecule has 1 aliphatic rings. The second-order valence-corrected chi connectivity index (χ2v) is 5.13. The number of rotatable bonds is 2. The van der Waals surface area contributed by atoms with Crippen LogP contribution >= 0.6 is 0 Å². The van der Waals surface area contributed by atoms with Crippen molar-refractivity contribution in [3.8, 4) is 0 Å². The summed E-state index contributed by atoms with van der Waals surface area (Å²) in [6.07, 6.45) is 2.05. The Morgan fingerprint density at radius 1 is 0.650 bits per heavy atom. The molecule has 1 aliphatic heterocycles. The van der Waals surface area contributed by atoms with Gasteiger partial charge < -0.3 is 9.47 Å². The Balaban J connectivity index is 1.81. The van der Waals surface area contributed by atoms with Crippen molar-refractivity contribution in [1.29, 1.82) is 0 Å². The van der Waals surface area contributed by atoms with Crippen molar-refractivity contribution < 1.29 is 9.47 Å². The minimum Gasteiger partial charge on any atom is -0.373 e. The molecule has 2 aromatic rings. The van der Waals surface area contributed by atoms with Crippen molar-refractivity contribution >= 4 is 0 Å². The molecule has 0 aliphatic carbocycles. The van der Waals surface area contributed by atoms with Gasteiger partial charge in [-0.15, -0.1) is 0 Å². The first-order valence-corrected chi connectivity index (χ1v) is 7.26. The topological polar surface area (TPSA) is 18.5 Å². The summed E-state index contributed by atoms with van der Waals surface area (Å²) < 4.78 is 12.1. The summed E-state index contributed by atoms with van der Waals surface area (Å²) in [5.74, 6) is 0. The Kier molecular flexibility index (Phi) is 4.46. The molecule has 3 rings (SSSR count). The van der Waals surface area contributed by atoms with Gasteiger partial charge in [0.1, 0.15) is 0 Å². The van der Waals surface area contributed by atoms with Crippen molar-refractivity contribution in [2.75, 3.05) is 13.2 Å². The average molecular weight is 268 g/mol. The lowest BCUT2D eigenvalue weighted by Crippen LogP contribution is -2.18. The molecule has 2 nitrogen and oxygen atoms in total. The van der Waals surface area contributed by atoms with Crippen molar-refractivity contribution in [3.63, 3.8) is 0 Å². The van der Waals surface area contributed by atoms with Crippen LogP contribution in [0.25, 0.3) is 0 Å². The summed E-state index contributed by atoms with van der Waals surface area (Å²) in [7, 11) is 0. The van der Waals surface area contributed by atoms with Crippen LogP contribution in [0, 0.1) is 0 Å². The van der Waals surface area contributed by atoms with Gasteiger partial charge in [0, 0.05) is 19.6 Å². The molecule has 0 aromatic heterocycles. The fourth-order valence-corrected chi connectivity index (χ4v) is 2.64. The maximum absolute atomic E-state index is 6.04. The highest BCUT2D eigenvalue weighted by atomic mass is 16.5. The van der Waals surface area contributed by atoms with Crippen molar-refractivity contribution in [1.82, 2.24) is 0 Å².